The van der Waals surface area contributed by atoms with Crippen LogP contribution in [0.25, 0.3) is 33.2 Å². The number of benzene rings is 2. The first-order valence-corrected chi connectivity index (χ1v) is 11.2. The Hall–Kier alpha value is -3.05. The number of rotatable bonds is 3. The summed E-state index contributed by atoms with van der Waals surface area (Å²) in [5.74, 6) is 0.453. The minimum atomic E-state index is -0.239. The van der Waals surface area contributed by atoms with Gasteiger partial charge in [-0.3, -0.25) is 0 Å². The summed E-state index contributed by atoms with van der Waals surface area (Å²) >= 11 is 0. The predicted molar refractivity (Wildman–Crippen MR) is 122 cm³/mol. The maximum absolute atomic E-state index is 15.1. The molecular weight excluding hydrogens is 389 g/mol. The van der Waals surface area contributed by atoms with E-state index in [9.17, 15) is 0 Å². The fourth-order valence-electron chi connectivity index (χ4n) is 5.35. The summed E-state index contributed by atoms with van der Waals surface area (Å²) in [5.41, 5.74) is 5.89. The van der Waals surface area contributed by atoms with Crippen LogP contribution in [0.5, 0.6) is 5.75 Å². The number of ether oxygens (including phenoxy) is 1. The van der Waals surface area contributed by atoms with E-state index in [1.165, 1.54) is 10.9 Å². The van der Waals surface area contributed by atoms with Crippen molar-refractivity contribution < 1.29 is 9.13 Å². The van der Waals surface area contributed by atoms with Crippen LogP contribution in [-0.4, -0.2) is 28.7 Å². The minimum absolute atomic E-state index is 0.239. The van der Waals surface area contributed by atoms with Crippen LogP contribution in [0.1, 0.15) is 31.4 Å². The summed E-state index contributed by atoms with van der Waals surface area (Å²) in [7, 11) is 0. The lowest BCUT2D eigenvalue weighted by Crippen LogP contribution is -2.36. The van der Waals surface area contributed by atoms with Crippen molar-refractivity contribution in [1.29, 1.82) is 0 Å². The topological polar surface area (TPSA) is 42.0 Å². The molecule has 4 heterocycles. The van der Waals surface area contributed by atoms with Crippen molar-refractivity contribution in [3.05, 3.63) is 66.4 Å². The molecule has 2 aromatic carbocycles. The van der Waals surface area contributed by atoms with E-state index in [1.54, 1.807) is 6.07 Å². The molecule has 2 atom stereocenters. The molecule has 0 radical (unpaired) electrons. The van der Waals surface area contributed by atoms with Gasteiger partial charge in [-0.15, -0.1) is 0 Å². The molecule has 0 aliphatic carbocycles. The molecule has 1 saturated heterocycles. The van der Waals surface area contributed by atoms with E-state index in [1.807, 2.05) is 18.5 Å². The lowest BCUT2D eigenvalue weighted by molar-refractivity contribution is 0.319. The molecule has 0 saturated carbocycles. The normalized spacial score (nSPS) is 20.7. The molecule has 4 nitrogen and oxygen atoms in total. The standard InChI is InChI=1S/C26H26FN3O/c1-16-12-18(8-10-29-16)30-15-22(19-4-2-3-5-24(19)30)20-13-28-14-21(20)25-23(27)7-6-17-9-11-31-26(17)25/h2-7,13-16,18,28-29H,8-12H2,1H3. The number of fused-ring (bicyclic) bond motifs is 2. The number of H-pyrrole nitrogens is 1. The molecule has 6 rings (SSSR count). The number of piperidine rings is 1. The number of hydrogen-bond donors (Lipinski definition) is 2. The molecule has 0 spiro atoms. The molecule has 2 aliphatic rings. The average Bonchev–Trinajstić information content (AvgIpc) is 3.51. The first kappa shape index (κ1) is 18.7. The highest BCUT2D eigenvalue weighted by atomic mass is 19.1. The Balaban J connectivity index is 1.53. The zero-order valence-electron chi connectivity index (χ0n) is 17.6. The van der Waals surface area contributed by atoms with Gasteiger partial charge in [0.05, 0.1) is 12.2 Å². The number of halogens is 1. The molecule has 158 valence electrons. The first-order valence-electron chi connectivity index (χ1n) is 11.2. The van der Waals surface area contributed by atoms with Crippen LogP contribution in [0.4, 0.5) is 4.39 Å². The van der Waals surface area contributed by atoms with Gasteiger partial charge < -0.3 is 19.6 Å². The molecule has 2 unspecified atom stereocenters. The summed E-state index contributed by atoms with van der Waals surface area (Å²) in [6.07, 6.45) is 9.19. The van der Waals surface area contributed by atoms with Crippen LogP contribution in [0.2, 0.25) is 0 Å². The summed E-state index contributed by atoms with van der Waals surface area (Å²) < 4.78 is 23.3. The van der Waals surface area contributed by atoms with Crippen LogP contribution in [-0.2, 0) is 6.42 Å². The van der Waals surface area contributed by atoms with Crippen molar-refractivity contribution in [3.8, 4) is 28.0 Å². The molecule has 2 aromatic heterocycles. The monoisotopic (exact) mass is 415 g/mol. The van der Waals surface area contributed by atoms with E-state index >= 15 is 4.39 Å². The van der Waals surface area contributed by atoms with Gasteiger partial charge in [0, 0.05) is 64.7 Å². The third kappa shape index (κ3) is 2.99. The molecule has 2 aliphatic heterocycles. The Morgan fingerprint density at radius 2 is 1.94 bits per heavy atom. The van der Waals surface area contributed by atoms with Crippen molar-refractivity contribution >= 4 is 10.9 Å². The lowest BCUT2D eigenvalue weighted by Gasteiger charge is -2.29. The van der Waals surface area contributed by atoms with Gasteiger partial charge >= 0.3 is 0 Å². The third-order valence-corrected chi connectivity index (χ3v) is 6.84. The molecule has 31 heavy (non-hydrogen) atoms. The Morgan fingerprint density at radius 1 is 1.06 bits per heavy atom. The Kier molecular flexibility index (Phi) is 4.39. The van der Waals surface area contributed by atoms with Crippen molar-refractivity contribution in [3.63, 3.8) is 0 Å². The number of hydrogen-bond acceptors (Lipinski definition) is 2. The second kappa shape index (κ2) is 7.27. The van der Waals surface area contributed by atoms with E-state index < -0.39 is 0 Å². The van der Waals surface area contributed by atoms with Crippen molar-refractivity contribution in [2.24, 2.45) is 0 Å². The Morgan fingerprint density at radius 3 is 2.84 bits per heavy atom. The highest BCUT2D eigenvalue weighted by molar-refractivity contribution is 6.00. The Labute approximate surface area is 181 Å². The highest BCUT2D eigenvalue weighted by Crippen LogP contribution is 2.45. The molecule has 2 N–H and O–H groups in total. The number of aromatic nitrogens is 2. The highest BCUT2D eigenvalue weighted by Gasteiger charge is 2.26. The molecule has 1 fully saturated rings. The fourth-order valence-corrected chi connectivity index (χ4v) is 5.35. The predicted octanol–water partition coefficient (Wildman–Crippen LogP) is 5.69. The second-order valence-corrected chi connectivity index (χ2v) is 8.79. The zero-order chi connectivity index (χ0) is 20.9. The van der Waals surface area contributed by atoms with Crippen LogP contribution in [0.15, 0.2) is 55.0 Å². The van der Waals surface area contributed by atoms with E-state index in [0.29, 0.717) is 30.0 Å². The molecule has 0 amide bonds. The van der Waals surface area contributed by atoms with Gasteiger partial charge in [0.25, 0.3) is 0 Å². The van der Waals surface area contributed by atoms with Crippen LogP contribution in [0.3, 0.4) is 0 Å². The van der Waals surface area contributed by atoms with Gasteiger partial charge in [0.1, 0.15) is 11.6 Å². The second-order valence-electron chi connectivity index (χ2n) is 8.79. The smallest absolute Gasteiger partial charge is 0.134 e. The van der Waals surface area contributed by atoms with Crippen molar-refractivity contribution in [2.75, 3.05) is 13.2 Å². The van der Waals surface area contributed by atoms with Gasteiger partial charge in [0.15, 0.2) is 0 Å². The quantitative estimate of drug-likeness (QED) is 0.451. The first-order chi connectivity index (χ1) is 15.2. The van der Waals surface area contributed by atoms with Crippen molar-refractivity contribution in [2.45, 2.75) is 38.3 Å². The summed E-state index contributed by atoms with van der Waals surface area (Å²) in [4.78, 5) is 3.23. The van der Waals surface area contributed by atoms with Crippen molar-refractivity contribution in [1.82, 2.24) is 14.9 Å². The summed E-state index contributed by atoms with van der Waals surface area (Å²) in [6, 6.07) is 12.9. The van der Waals surface area contributed by atoms with Gasteiger partial charge in [-0.05, 0) is 44.0 Å². The van der Waals surface area contributed by atoms with Gasteiger partial charge in [0.2, 0.25) is 0 Å². The minimum Gasteiger partial charge on any atom is -0.492 e. The van der Waals surface area contributed by atoms with E-state index in [2.05, 4.69) is 52.3 Å². The summed E-state index contributed by atoms with van der Waals surface area (Å²) in [6.45, 7) is 3.89. The number of nitrogens with zero attached hydrogens (tertiary/aromatic N) is 1. The largest absolute Gasteiger partial charge is 0.492 e. The summed E-state index contributed by atoms with van der Waals surface area (Å²) in [5, 5.41) is 4.75. The van der Waals surface area contributed by atoms with Crippen LogP contribution < -0.4 is 10.1 Å². The Bertz CT molecular complexity index is 1270. The van der Waals surface area contributed by atoms with Crippen LogP contribution >= 0.6 is 0 Å². The van der Waals surface area contributed by atoms with Gasteiger partial charge in [-0.25, -0.2) is 4.39 Å². The van der Waals surface area contributed by atoms with Gasteiger partial charge in [-0.1, -0.05) is 24.3 Å². The maximum Gasteiger partial charge on any atom is 0.134 e. The van der Waals surface area contributed by atoms with E-state index in [0.717, 1.165) is 48.1 Å². The van der Waals surface area contributed by atoms with E-state index in [-0.39, 0.29) is 5.82 Å². The maximum atomic E-state index is 15.1. The molecule has 0 bridgehead atoms. The molecular formula is C26H26FN3O. The zero-order valence-corrected chi connectivity index (χ0v) is 17.6. The third-order valence-electron chi connectivity index (χ3n) is 6.84. The SMILES string of the molecule is CC1CC(n2cc(-c3c[nH]cc3-c3c(F)ccc4c3OCC4)c3ccccc32)CCN1. The molecule has 5 heteroatoms. The van der Waals surface area contributed by atoms with Crippen LogP contribution in [0, 0.1) is 5.82 Å². The molecule has 4 aromatic rings. The average molecular weight is 416 g/mol. The fraction of sp³-hybridized carbons (Fsp3) is 0.308. The number of aromatic amines is 1. The van der Waals surface area contributed by atoms with E-state index in [4.69, 9.17) is 4.74 Å². The van der Waals surface area contributed by atoms with Gasteiger partial charge in [-0.2, -0.15) is 0 Å². The lowest BCUT2D eigenvalue weighted by atomic mass is 9.96. The number of nitrogens with one attached hydrogen (secondary N) is 2. The number of para-hydroxylation sites is 1.